The molecule has 7 nitrogen and oxygen atoms in total. The predicted octanol–water partition coefficient (Wildman–Crippen LogP) is 3.22. The van der Waals surface area contributed by atoms with Crippen LogP contribution in [0.3, 0.4) is 0 Å². The van der Waals surface area contributed by atoms with Gasteiger partial charge in [0.05, 0.1) is 16.6 Å². The molecule has 154 valence electrons. The molecular formula is C19H18ClFN2O5S. The fourth-order valence-corrected chi connectivity index (χ4v) is 4.82. The lowest BCUT2D eigenvalue weighted by Gasteiger charge is -2.29. The van der Waals surface area contributed by atoms with E-state index in [0.29, 0.717) is 10.7 Å². The Morgan fingerprint density at radius 3 is 2.41 bits per heavy atom. The highest BCUT2D eigenvalue weighted by molar-refractivity contribution is 7.89. The SMILES string of the molecule is O=C(Nc1ccccc1Cl)c1ccc(F)c(S(=O)(=O)N2CCC(C(=O)O)CC2)c1. The third-order valence-corrected chi connectivity index (χ3v) is 6.98. The molecular weight excluding hydrogens is 423 g/mol. The normalized spacial score (nSPS) is 15.8. The van der Waals surface area contributed by atoms with Crippen molar-refractivity contribution < 1.29 is 27.5 Å². The van der Waals surface area contributed by atoms with E-state index in [1.165, 1.54) is 6.07 Å². The van der Waals surface area contributed by atoms with Gasteiger partial charge in [-0.05, 0) is 43.2 Å². The first-order valence-electron chi connectivity index (χ1n) is 8.78. The van der Waals surface area contributed by atoms with Crippen molar-refractivity contribution in [2.45, 2.75) is 17.7 Å². The number of anilines is 1. The van der Waals surface area contributed by atoms with Crippen LogP contribution in [0, 0.1) is 11.7 Å². The van der Waals surface area contributed by atoms with Gasteiger partial charge >= 0.3 is 5.97 Å². The quantitative estimate of drug-likeness (QED) is 0.742. The minimum absolute atomic E-state index is 0.0329. The molecule has 0 bridgehead atoms. The van der Waals surface area contributed by atoms with E-state index in [4.69, 9.17) is 16.7 Å². The average Bonchev–Trinajstić information content (AvgIpc) is 2.70. The average molecular weight is 441 g/mol. The van der Waals surface area contributed by atoms with Crippen LogP contribution in [-0.2, 0) is 14.8 Å². The number of aliphatic carboxylic acids is 1. The summed E-state index contributed by atoms with van der Waals surface area (Å²) in [5.41, 5.74) is 0.286. The summed E-state index contributed by atoms with van der Waals surface area (Å²) < 4.78 is 41.1. The number of hydrogen-bond donors (Lipinski definition) is 2. The molecule has 0 unspecified atom stereocenters. The Hall–Kier alpha value is -2.49. The summed E-state index contributed by atoms with van der Waals surface area (Å²) in [6.07, 6.45) is 0.283. The maximum absolute atomic E-state index is 14.3. The lowest BCUT2D eigenvalue weighted by molar-refractivity contribution is -0.142. The second kappa shape index (κ2) is 8.48. The molecule has 2 N–H and O–H groups in total. The molecule has 1 heterocycles. The molecule has 0 aromatic heterocycles. The van der Waals surface area contributed by atoms with Gasteiger partial charge in [-0.3, -0.25) is 9.59 Å². The number of rotatable bonds is 5. The molecule has 10 heteroatoms. The number of carboxylic acid groups (broad SMARTS) is 1. The number of hydrogen-bond acceptors (Lipinski definition) is 4. The van der Waals surface area contributed by atoms with E-state index in [0.717, 1.165) is 16.4 Å². The molecule has 0 aliphatic carbocycles. The van der Waals surface area contributed by atoms with E-state index in [1.54, 1.807) is 24.3 Å². The van der Waals surface area contributed by atoms with Crippen LogP contribution in [0.1, 0.15) is 23.2 Å². The number of amides is 1. The van der Waals surface area contributed by atoms with Crippen LogP contribution in [0.4, 0.5) is 10.1 Å². The Morgan fingerprint density at radius 1 is 1.14 bits per heavy atom. The minimum Gasteiger partial charge on any atom is -0.481 e. The first-order valence-corrected chi connectivity index (χ1v) is 10.6. The molecule has 1 saturated heterocycles. The number of benzene rings is 2. The third-order valence-electron chi connectivity index (χ3n) is 4.74. The number of carbonyl (C=O) groups is 2. The van der Waals surface area contributed by atoms with Crippen LogP contribution >= 0.6 is 11.6 Å². The molecule has 2 aromatic carbocycles. The van der Waals surface area contributed by atoms with Gasteiger partial charge in [-0.1, -0.05) is 23.7 Å². The standard InChI is InChI=1S/C19H18ClFN2O5S/c20-14-3-1-2-4-16(14)22-18(24)13-5-6-15(21)17(11-13)29(27,28)23-9-7-12(8-10-23)19(25)26/h1-6,11-12H,7-10H2,(H,22,24)(H,25,26). The number of nitrogens with one attached hydrogen (secondary N) is 1. The van der Waals surface area contributed by atoms with Gasteiger partial charge in [-0.2, -0.15) is 4.31 Å². The minimum atomic E-state index is -4.22. The summed E-state index contributed by atoms with van der Waals surface area (Å²) in [5, 5.41) is 11.9. The zero-order valence-electron chi connectivity index (χ0n) is 15.1. The molecule has 3 rings (SSSR count). The van der Waals surface area contributed by atoms with Crippen molar-refractivity contribution in [2.24, 2.45) is 5.92 Å². The molecule has 0 atom stereocenters. The first kappa shape index (κ1) is 21.2. The highest BCUT2D eigenvalue weighted by Crippen LogP contribution is 2.27. The molecule has 1 aliphatic rings. The molecule has 0 saturated carbocycles. The molecule has 0 radical (unpaired) electrons. The van der Waals surface area contributed by atoms with Crippen LogP contribution in [0.25, 0.3) is 0 Å². The van der Waals surface area contributed by atoms with Crippen molar-refractivity contribution >= 4 is 39.2 Å². The summed E-state index contributed by atoms with van der Waals surface area (Å²) >= 11 is 6.00. The Bertz CT molecular complexity index is 1050. The van der Waals surface area contributed by atoms with Gasteiger partial charge in [-0.15, -0.1) is 0 Å². The van der Waals surface area contributed by atoms with Gasteiger partial charge in [0, 0.05) is 18.7 Å². The van der Waals surface area contributed by atoms with Gasteiger partial charge in [0.2, 0.25) is 10.0 Å². The topological polar surface area (TPSA) is 104 Å². The number of piperidine rings is 1. The van der Waals surface area contributed by atoms with E-state index < -0.39 is 38.5 Å². The van der Waals surface area contributed by atoms with Gasteiger partial charge in [0.15, 0.2) is 0 Å². The van der Waals surface area contributed by atoms with E-state index in [9.17, 15) is 22.4 Å². The third kappa shape index (κ3) is 4.58. The van der Waals surface area contributed by atoms with Crippen LogP contribution in [-0.4, -0.2) is 42.8 Å². The highest BCUT2D eigenvalue weighted by atomic mass is 35.5. The second-order valence-electron chi connectivity index (χ2n) is 6.60. The van der Waals surface area contributed by atoms with Gasteiger partial charge in [-0.25, -0.2) is 12.8 Å². The largest absolute Gasteiger partial charge is 0.481 e. The maximum Gasteiger partial charge on any atom is 0.306 e. The van der Waals surface area contributed by atoms with E-state index >= 15 is 0 Å². The van der Waals surface area contributed by atoms with Crippen LogP contribution < -0.4 is 5.32 Å². The Kier molecular flexibility index (Phi) is 6.21. The Labute approximate surface area is 172 Å². The van der Waals surface area contributed by atoms with E-state index in [1.807, 2.05) is 0 Å². The number of halogens is 2. The fourth-order valence-electron chi connectivity index (χ4n) is 3.08. The fraction of sp³-hybridized carbons (Fsp3) is 0.263. The summed E-state index contributed by atoms with van der Waals surface area (Å²) in [6, 6.07) is 9.58. The first-order chi connectivity index (χ1) is 13.7. The van der Waals surface area contributed by atoms with Crippen molar-refractivity contribution in [2.75, 3.05) is 18.4 Å². The number of para-hydroxylation sites is 1. The smallest absolute Gasteiger partial charge is 0.306 e. The van der Waals surface area contributed by atoms with E-state index in [2.05, 4.69) is 5.32 Å². The predicted molar refractivity (Wildman–Crippen MR) is 105 cm³/mol. The summed E-state index contributed by atoms with van der Waals surface area (Å²) in [7, 11) is -4.22. The molecule has 1 aliphatic heterocycles. The summed E-state index contributed by atoms with van der Waals surface area (Å²) in [5.74, 6) is -3.23. The lowest BCUT2D eigenvalue weighted by Crippen LogP contribution is -2.40. The van der Waals surface area contributed by atoms with Crippen molar-refractivity contribution in [3.8, 4) is 0 Å². The van der Waals surface area contributed by atoms with Crippen LogP contribution in [0.5, 0.6) is 0 Å². The zero-order valence-corrected chi connectivity index (χ0v) is 16.7. The second-order valence-corrected chi connectivity index (χ2v) is 8.91. The number of carbonyl (C=O) groups excluding carboxylic acids is 1. The molecule has 1 fully saturated rings. The van der Waals surface area contributed by atoms with Crippen molar-refractivity contribution in [3.63, 3.8) is 0 Å². The number of nitrogens with zero attached hydrogens (tertiary/aromatic N) is 1. The number of carboxylic acids is 1. The van der Waals surface area contributed by atoms with Gasteiger partial charge < -0.3 is 10.4 Å². The van der Waals surface area contributed by atoms with Crippen molar-refractivity contribution in [1.82, 2.24) is 4.31 Å². The molecule has 29 heavy (non-hydrogen) atoms. The van der Waals surface area contributed by atoms with E-state index in [-0.39, 0.29) is 31.5 Å². The van der Waals surface area contributed by atoms with Crippen LogP contribution in [0.15, 0.2) is 47.4 Å². The summed E-state index contributed by atoms with van der Waals surface area (Å²) in [4.78, 5) is 22.9. The van der Waals surface area contributed by atoms with Crippen LogP contribution in [0.2, 0.25) is 5.02 Å². The monoisotopic (exact) mass is 440 g/mol. The Balaban J connectivity index is 1.84. The van der Waals surface area contributed by atoms with Crippen molar-refractivity contribution in [3.05, 3.63) is 58.9 Å². The lowest BCUT2D eigenvalue weighted by atomic mass is 9.99. The van der Waals surface area contributed by atoms with Gasteiger partial charge in [0.25, 0.3) is 5.91 Å². The molecule has 0 spiro atoms. The zero-order chi connectivity index (χ0) is 21.2. The van der Waals surface area contributed by atoms with Crippen molar-refractivity contribution in [1.29, 1.82) is 0 Å². The van der Waals surface area contributed by atoms with Gasteiger partial charge in [0.1, 0.15) is 10.7 Å². The highest BCUT2D eigenvalue weighted by Gasteiger charge is 2.34. The number of sulfonamides is 1. The molecule has 2 aromatic rings. The maximum atomic E-state index is 14.3. The molecule has 1 amide bonds. The summed E-state index contributed by atoms with van der Waals surface area (Å²) in [6.45, 7) is -0.0659. The Morgan fingerprint density at radius 2 is 1.79 bits per heavy atom.